The first-order valence-electron chi connectivity index (χ1n) is 5.46. The molecule has 2 heterocycles. The van der Waals surface area contributed by atoms with Gasteiger partial charge in [-0.05, 0) is 33.1 Å². The second-order valence-corrected chi connectivity index (χ2v) is 4.74. The van der Waals surface area contributed by atoms with Crippen LogP contribution in [0.15, 0.2) is 0 Å². The third-order valence-corrected chi connectivity index (χ3v) is 3.37. The highest BCUT2D eigenvalue weighted by atomic mass is 32.1. The Bertz CT molecular complexity index is 320. The summed E-state index contributed by atoms with van der Waals surface area (Å²) >= 11 is 1.41. The number of nitrogens with zero attached hydrogens (tertiary/aromatic N) is 2. The van der Waals surface area contributed by atoms with Crippen molar-refractivity contribution in [3.8, 4) is 0 Å². The van der Waals surface area contributed by atoms with Gasteiger partial charge in [0, 0.05) is 24.7 Å². The number of rotatable bonds is 3. The van der Waals surface area contributed by atoms with E-state index in [0.717, 1.165) is 36.9 Å². The maximum atomic E-state index is 5.80. The molecule has 0 spiro atoms. The molecule has 0 bridgehead atoms. The smallest absolute Gasteiger partial charge is 0.202 e. The van der Waals surface area contributed by atoms with Crippen molar-refractivity contribution in [2.24, 2.45) is 0 Å². The van der Waals surface area contributed by atoms with Crippen molar-refractivity contribution < 1.29 is 4.74 Å². The summed E-state index contributed by atoms with van der Waals surface area (Å²) in [5.74, 6) is 0.836. The Morgan fingerprint density at radius 2 is 2.40 bits per heavy atom. The topological polar surface area (TPSA) is 47.0 Å². The second kappa shape index (κ2) is 4.45. The molecule has 4 nitrogen and oxygen atoms in total. The van der Waals surface area contributed by atoms with E-state index < -0.39 is 0 Å². The average Bonchev–Trinajstić information content (AvgIpc) is 2.69. The number of hydrogen-bond donors (Lipinski definition) is 1. The Morgan fingerprint density at radius 3 is 3.07 bits per heavy atom. The summed E-state index contributed by atoms with van der Waals surface area (Å²) in [6, 6.07) is 0. The first kappa shape index (κ1) is 10.8. The van der Waals surface area contributed by atoms with Crippen LogP contribution in [-0.4, -0.2) is 22.5 Å². The highest BCUT2D eigenvalue weighted by molar-refractivity contribution is 7.09. The fourth-order valence-corrected chi connectivity index (χ4v) is 2.51. The van der Waals surface area contributed by atoms with Crippen molar-refractivity contribution in [1.29, 1.82) is 0 Å². The zero-order valence-electron chi connectivity index (χ0n) is 9.25. The summed E-state index contributed by atoms with van der Waals surface area (Å²) in [5, 5.41) is 4.07. The van der Waals surface area contributed by atoms with Gasteiger partial charge < -0.3 is 10.1 Å². The number of nitrogens with one attached hydrogen (secondary N) is 1. The third-order valence-electron chi connectivity index (χ3n) is 2.70. The Labute approximate surface area is 94.2 Å². The van der Waals surface area contributed by atoms with Gasteiger partial charge in [0.25, 0.3) is 0 Å². The van der Waals surface area contributed by atoms with Gasteiger partial charge in [0.1, 0.15) is 5.60 Å². The normalized spacial score (nSPS) is 26.5. The molecule has 0 amide bonds. The lowest BCUT2D eigenvalue weighted by Crippen LogP contribution is -2.31. The number of ether oxygens (including phenoxy) is 1. The van der Waals surface area contributed by atoms with Gasteiger partial charge in [-0.3, -0.25) is 0 Å². The molecule has 1 aliphatic rings. The lowest BCUT2D eigenvalue weighted by Gasteiger charge is -2.31. The maximum absolute atomic E-state index is 5.80. The van der Waals surface area contributed by atoms with E-state index in [1.807, 2.05) is 0 Å². The summed E-state index contributed by atoms with van der Waals surface area (Å²) in [6.07, 6.45) is 3.38. The highest BCUT2D eigenvalue weighted by Crippen LogP contribution is 2.34. The first-order chi connectivity index (χ1) is 7.24. The lowest BCUT2D eigenvalue weighted by molar-refractivity contribution is -0.0752. The van der Waals surface area contributed by atoms with Crippen LogP contribution in [0.5, 0.6) is 0 Å². The number of anilines is 1. The van der Waals surface area contributed by atoms with Crippen molar-refractivity contribution >= 4 is 16.7 Å². The fourth-order valence-electron chi connectivity index (χ4n) is 1.77. The standard InChI is InChI=1S/C10H17N3OS/c1-3-11-9-12-8(13-15-9)10(2)6-4-5-7-14-10/h3-7H2,1-2H3,(H,11,12,13). The zero-order chi connectivity index (χ0) is 10.7. The molecule has 1 fully saturated rings. The molecule has 1 N–H and O–H groups in total. The monoisotopic (exact) mass is 227 g/mol. The first-order valence-corrected chi connectivity index (χ1v) is 6.24. The van der Waals surface area contributed by atoms with Crippen LogP contribution in [-0.2, 0) is 10.3 Å². The van der Waals surface area contributed by atoms with Gasteiger partial charge in [-0.25, -0.2) is 4.98 Å². The van der Waals surface area contributed by atoms with Crippen molar-refractivity contribution in [2.75, 3.05) is 18.5 Å². The molecule has 0 aliphatic carbocycles. The van der Waals surface area contributed by atoms with Gasteiger partial charge in [0.2, 0.25) is 5.13 Å². The predicted octanol–water partition coefficient (Wildman–Crippen LogP) is 2.39. The molecule has 84 valence electrons. The van der Waals surface area contributed by atoms with E-state index in [4.69, 9.17) is 4.74 Å². The van der Waals surface area contributed by atoms with E-state index in [-0.39, 0.29) is 5.60 Å². The van der Waals surface area contributed by atoms with Crippen LogP contribution in [0.25, 0.3) is 0 Å². The Kier molecular flexibility index (Phi) is 3.21. The molecule has 2 rings (SSSR count). The minimum Gasteiger partial charge on any atom is -0.367 e. The van der Waals surface area contributed by atoms with Gasteiger partial charge >= 0.3 is 0 Å². The SMILES string of the molecule is CCNc1nc(C2(C)CCCCO2)ns1. The van der Waals surface area contributed by atoms with Crippen LogP contribution >= 0.6 is 11.5 Å². The molecular formula is C10H17N3OS. The van der Waals surface area contributed by atoms with Gasteiger partial charge in [-0.2, -0.15) is 4.37 Å². The summed E-state index contributed by atoms with van der Waals surface area (Å²) in [7, 11) is 0. The van der Waals surface area contributed by atoms with E-state index in [0.29, 0.717) is 0 Å². The predicted molar refractivity (Wildman–Crippen MR) is 61.2 cm³/mol. The number of aromatic nitrogens is 2. The van der Waals surface area contributed by atoms with Crippen molar-refractivity contribution in [3.05, 3.63) is 5.82 Å². The summed E-state index contributed by atoms with van der Waals surface area (Å²) in [4.78, 5) is 4.47. The molecule has 0 saturated carbocycles. The van der Waals surface area contributed by atoms with Crippen molar-refractivity contribution in [3.63, 3.8) is 0 Å². The second-order valence-electron chi connectivity index (χ2n) is 3.99. The Hall–Kier alpha value is -0.680. The molecule has 1 aromatic rings. The van der Waals surface area contributed by atoms with E-state index in [1.54, 1.807) is 0 Å². The van der Waals surface area contributed by atoms with Gasteiger partial charge in [-0.1, -0.05) is 0 Å². The number of hydrogen-bond acceptors (Lipinski definition) is 5. The average molecular weight is 227 g/mol. The van der Waals surface area contributed by atoms with Crippen LogP contribution in [0.4, 0.5) is 5.13 Å². The molecule has 15 heavy (non-hydrogen) atoms. The fraction of sp³-hybridized carbons (Fsp3) is 0.800. The molecule has 5 heteroatoms. The minimum absolute atomic E-state index is 0.261. The van der Waals surface area contributed by atoms with E-state index in [2.05, 4.69) is 28.5 Å². The quantitative estimate of drug-likeness (QED) is 0.861. The minimum atomic E-state index is -0.261. The Balaban J connectivity index is 2.12. The Morgan fingerprint density at radius 1 is 1.53 bits per heavy atom. The van der Waals surface area contributed by atoms with Gasteiger partial charge in [0.15, 0.2) is 5.82 Å². The molecule has 1 unspecified atom stereocenters. The molecule has 1 saturated heterocycles. The molecule has 1 aromatic heterocycles. The van der Waals surface area contributed by atoms with E-state index in [9.17, 15) is 0 Å². The lowest BCUT2D eigenvalue weighted by atomic mass is 9.95. The summed E-state index contributed by atoms with van der Waals surface area (Å²) < 4.78 is 10.2. The van der Waals surface area contributed by atoms with Crippen LogP contribution < -0.4 is 5.32 Å². The highest BCUT2D eigenvalue weighted by Gasteiger charge is 2.33. The van der Waals surface area contributed by atoms with E-state index in [1.165, 1.54) is 18.0 Å². The van der Waals surface area contributed by atoms with Gasteiger partial charge in [0.05, 0.1) is 0 Å². The van der Waals surface area contributed by atoms with Crippen LogP contribution in [0, 0.1) is 0 Å². The van der Waals surface area contributed by atoms with Crippen LogP contribution in [0.2, 0.25) is 0 Å². The molecular weight excluding hydrogens is 210 g/mol. The molecule has 0 aromatic carbocycles. The van der Waals surface area contributed by atoms with E-state index >= 15 is 0 Å². The third kappa shape index (κ3) is 2.29. The summed E-state index contributed by atoms with van der Waals surface area (Å²) in [5.41, 5.74) is -0.261. The van der Waals surface area contributed by atoms with Gasteiger partial charge in [-0.15, -0.1) is 0 Å². The largest absolute Gasteiger partial charge is 0.367 e. The van der Waals surface area contributed by atoms with Crippen LogP contribution in [0.3, 0.4) is 0 Å². The maximum Gasteiger partial charge on any atom is 0.202 e. The molecule has 1 aliphatic heterocycles. The van der Waals surface area contributed by atoms with Crippen LogP contribution in [0.1, 0.15) is 38.9 Å². The molecule has 0 radical (unpaired) electrons. The van der Waals surface area contributed by atoms with Crippen molar-refractivity contribution in [1.82, 2.24) is 9.36 Å². The molecule has 1 atom stereocenters. The summed E-state index contributed by atoms with van der Waals surface area (Å²) in [6.45, 7) is 5.85. The van der Waals surface area contributed by atoms with Crippen molar-refractivity contribution in [2.45, 2.75) is 38.7 Å². The zero-order valence-corrected chi connectivity index (χ0v) is 10.1.